The molecule has 0 heterocycles. The summed E-state index contributed by atoms with van der Waals surface area (Å²) >= 11 is 3.34. The molecule has 122 valence electrons. The van der Waals surface area contributed by atoms with E-state index in [0.29, 0.717) is 16.9 Å². The molecule has 0 aliphatic heterocycles. The van der Waals surface area contributed by atoms with Gasteiger partial charge in [-0.1, -0.05) is 28.1 Å². The van der Waals surface area contributed by atoms with E-state index in [9.17, 15) is 13.2 Å². The highest BCUT2D eigenvalue weighted by molar-refractivity contribution is 9.10. The van der Waals surface area contributed by atoms with Crippen LogP contribution in [0.2, 0.25) is 0 Å². The molecule has 5 nitrogen and oxygen atoms in total. The van der Waals surface area contributed by atoms with Gasteiger partial charge < -0.3 is 5.32 Å². The number of nitrogens with one attached hydrogen (secondary N) is 1. The highest BCUT2D eigenvalue weighted by Crippen LogP contribution is 2.20. The van der Waals surface area contributed by atoms with E-state index >= 15 is 0 Å². The topological polar surface area (TPSA) is 66.5 Å². The fourth-order valence-corrected chi connectivity index (χ4v) is 3.19. The standard InChI is InChI=1S/C16H17BrN2O3S/c1-3-23(21,22)19(2)15-9-4-6-12(10-15)16(20)18-14-8-5-7-13(17)11-14/h4-11H,3H2,1-2H3,(H,18,20). The maximum absolute atomic E-state index is 12.3. The van der Waals surface area contributed by atoms with Crippen molar-refractivity contribution in [3.05, 3.63) is 58.6 Å². The Bertz CT molecular complexity index is 822. The van der Waals surface area contributed by atoms with Gasteiger partial charge >= 0.3 is 0 Å². The van der Waals surface area contributed by atoms with Crippen molar-refractivity contribution in [3.8, 4) is 0 Å². The lowest BCUT2D eigenvalue weighted by Gasteiger charge is -2.19. The van der Waals surface area contributed by atoms with E-state index < -0.39 is 10.0 Å². The second-order valence-corrected chi connectivity index (χ2v) is 8.09. The Kier molecular flexibility index (Phi) is 5.43. The third kappa shape index (κ3) is 4.33. The van der Waals surface area contributed by atoms with E-state index in [0.717, 1.165) is 4.47 Å². The summed E-state index contributed by atoms with van der Waals surface area (Å²) in [6.45, 7) is 1.58. The number of hydrogen-bond donors (Lipinski definition) is 1. The van der Waals surface area contributed by atoms with Crippen LogP contribution in [0.25, 0.3) is 0 Å². The zero-order valence-corrected chi connectivity index (χ0v) is 15.2. The SMILES string of the molecule is CCS(=O)(=O)N(C)c1cccc(C(=O)Nc2cccc(Br)c2)c1. The first kappa shape index (κ1) is 17.5. The van der Waals surface area contributed by atoms with Gasteiger partial charge in [0.2, 0.25) is 10.0 Å². The molecule has 23 heavy (non-hydrogen) atoms. The molecule has 2 rings (SSSR count). The van der Waals surface area contributed by atoms with Gasteiger partial charge in [-0.3, -0.25) is 9.10 Å². The van der Waals surface area contributed by atoms with E-state index in [1.165, 1.54) is 11.4 Å². The molecule has 0 bridgehead atoms. The molecule has 7 heteroatoms. The lowest BCUT2D eigenvalue weighted by Crippen LogP contribution is -2.28. The smallest absolute Gasteiger partial charge is 0.255 e. The Balaban J connectivity index is 2.24. The maximum Gasteiger partial charge on any atom is 0.255 e. The first-order valence-corrected chi connectivity index (χ1v) is 9.37. The minimum Gasteiger partial charge on any atom is -0.322 e. The summed E-state index contributed by atoms with van der Waals surface area (Å²) in [5.74, 6) is -0.301. The molecule has 0 aliphatic rings. The normalized spacial score (nSPS) is 11.1. The molecular formula is C16H17BrN2O3S. The van der Waals surface area contributed by atoms with Crippen LogP contribution in [-0.2, 0) is 10.0 Å². The molecule has 0 aromatic heterocycles. The molecule has 0 spiro atoms. The van der Waals surface area contributed by atoms with Gasteiger partial charge in [0.05, 0.1) is 11.4 Å². The van der Waals surface area contributed by atoms with Crippen LogP contribution in [0.4, 0.5) is 11.4 Å². The summed E-state index contributed by atoms with van der Waals surface area (Å²) in [6, 6.07) is 13.8. The Labute approximate surface area is 144 Å². The van der Waals surface area contributed by atoms with Crippen LogP contribution in [0.5, 0.6) is 0 Å². The number of nitrogens with zero attached hydrogens (tertiary/aromatic N) is 1. The number of carbonyl (C=O) groups is 1. The van der Waals surface area contributed by atoms with Gasteiger partial charge in [0.15, 0.2) is 0 Å². The largest absolute Gasteiger partial charge is 0.322 e. The molecular weight excluding hydrogens is 380 g/mol. The Morgan fingerprint density at radius 2 is 1.87 bits per heavy atom. The molecule has 0 saturated heterocycles. The summed E-state index contributed by atoms with van der Waals surface area (Å²) in [4.78, 5) is 12.3. The highest BCUT2D eigenvalue weighted by atomic mass is 79.9. The minimum absolute atomic E-state index is 0.00202. The molecule has 0 saturated carbocycles. The monoisotopic (exact) mass is 396 g/mol. The summed E-state index contributed by atoms with van der Waals surface area (Å²) in [6.07, 6.45) is 0. The summed E-state index contributed by atoms with van der Waals surface area (Å²) < 4.78 is 25.9. The fraction of sp³-hybridized carbons (Fsp3) is 0.188. The van der Waals surface area contributed by atoms with Crippen LogP contribution in [-0.4, -0.2) is 27.1 Å². The molecule has 0 radical (unpaired) electrons. The van der Waals surface area contributed by atoms with Crippen molar-refractivity contribution in [3.63, 3.8) is 0 Å². The molecule has 1 amide bonds. The van der Waals surface area contributed by atoms with Gasteiger partial charge in [-0.05, 0) is 43.3 Å². The highest BCUT2D eigenvalue weighted by Gasteiger charge is 2.17. The van der Waals surface area contributed by atoms with Gasteiger partial charge in [0.25, 0.3) is 5.91 Å². The molecule has 0 unspecified atom stereocenters. The quantitative estimate of drug-likeness (QED) is 0.840. The van der Waals surface area contributed by atoms with Crippen molar-refractivity contribution in [2.45, 2.75) is 6.92 Å². The minimum atomic E-state index is -3.36. The molecule has 2 aromatic rings. The number of carbonyl (C=O) groups excluding carboxylic acids is 1. The lowest BCUT2D eigenvalue weighted by atomic mass is 10.2. The number of hydrogen-bond acceptors (Lipinski definition) is 3. The Hall–Kier alpha value is -1.86. The van der Waals surface area contributed by atoms with Crippen LogP contribution < -0.4 is 9.62 Å². The fourth-order valence-electron chi connectivity index (χ4n) is 1.97. The summed E-state index contributed by atoms with van der Waals surface area (Å²) in [5, 5.41) is 2.78. The molecule has 2 aromatic carbocycles. The average Bonchev–Trinajstić information content (AvgIpc) is 2.54. The second-order valence-electron chi connectivity index (χ2n) is 4.88. The van der Waals surface area contributed by atoms with Crippen LogP contribution in [0, 0.1) is 0 Å². The number of halogens is 1. The van der Waals surface area contributed by atoms with Crippen LogP contribution in [0.3, 0.4) is 0 Å². The third-order valence-corrected chi connectivity index (χ3v) is 5.60. The number of anilines is 2. The predicted octanol–water partition coefficient (Wildman–Crippen LogP) is 3.49. The lowest BCUT2D eigenvalue weighted by molar-refractivity contribution is 0.102. The van der Waals surface area contributed by atoms with Crippen molar-refractivity contribution < 1.29 is 13.2 Å². The van der Waals surface area contributed by atoms with Gasteiger partial charge in [-0.2, -0.15) is 0 Å². The van der Waals surface area contributed by atoms with Crippen molar-refractivity contribution in [1.82, 2.24) is 0 Å². The molecule has 0 fully saturated rings. The van der Waals surface area contributed by atoms with Crippen LogP contribution >= 0.6 is 15.9 Å². The van der Waals surface area contributed by atoms with Gasteiger partial charge in [-0.25, -0.2) is 8.42 Å². The van der Waals surface area contributed by atoms with E-state index in [-0.39, 0.29) is 11.7 Å². The van der Waals surface area contributed by atoms with Crippen molar-refractivity contribution >= 4 is 43.2 Å². The number of sulfonamides is 1. The van der Waals surface area contributed by atoms with Crippen LogP contribution in [0.15, 0.2) is 53.0 Å². The van der Waals surface area contributed by atoms with E-state index in [1.807, 2.05) is 12.1 Å². The first-order valence-electron chi connectivity index (χ1n) is 6.97. The zero-order valence-electron chi connectivity index (χ0n) is 12.8. The van der Waals surface area contributed by atoms with Crippen molar-refractivity contribution in [2.75, 3.05) is 22.4 Å². The van der Waals surface area contributed by atoms with Crippen LogP contribution in [0.1, 0.15) is 17.3 Å². The molecule has 0 aliphatic carbocycles. The maximum atomic E-state index is 12.3. The number of benzene rings is 2. The number of amides is 1. The zero-order chi connectivity index (χ0) is 17.0. The van der Waals surface area contributed by atoms with Gasteiger partial charge in [0, 0.05) is 22.8 Å². The van der Waals surface area contributed by atoms with Gasteiger partial charge in [-0.15, -0.1) is 0 Å². The Morgan fingerprint density at radius 1 is 1.17 bits per heavy atom. The predicted molar refractivity (Wildman–Crippen MR) is 96.4 cm³/mol. The van der Waals surface area contributed by atoms with E-state index in [4.69, 9.17) is 0 Å². The van der Waals surface area contributed by atoms with E-state index in [1.54, 1.807) is 43.3 Å². The van der Waals surface area contributed by atoms with Gasteiger partial charge in [0.1, 0.15) is 0 Å². The number of rotatable bonds is 5. The summed E-state index contributed by atoms with van der Waals surface area (Å²) in [7, 11) is -1.89. The van der Waals surface area contributed by atoms with E-state index in [2.05, 4.69) is 21.2 Å². The summed E-state index contributed by atoms with van der Waals surface area (Å²) in [5.41, 5.74) is 1.50. The molecule has 1 N–H and O–H groups in total. The average molecular weight is 397 g/mol. The first-order chi connectivity index (χ1) is 10.8. The molecule has 0 atom stereocenters. The third-order valence-electron chi connectivity index (χ3n) is 3.34. The van der Waals surface area contributed by atoms with Crippen molar-refractivity contribution in [2.24, 2.45) is 0 Å². The second kappa shape index (κ2) is 7.14. The Morgan fingerprint density at radius 3 is 2.52 bits per heavy atom. The van der Waals surface area contributed by atoms with Crippen molar-refractivity contribution in [1.29, 1.82) is 0 Å².